The maximum absolute atomic E-state index is 13.1. The Hall–Kier alpha value is -1.82. The van der Waals surface area contributed by atoms with E-state index in [9.17, 15) is 14.0 Å². The van der Waals surface area contributed by atoms with Crippen LogP contribution in [-0.4, -0.2) is 29.9 Å². The first-order valence-corrected chi connectivity index (χ1v) is 7.56. The summed E-state index contributed by atoms with van der Waals surface area (Å²) in [6.45, 7) is 2.84. The third-order valence-corrected chi connectivity index (χ3v) is 4.67. The highest BCUT2D eigenvalue weighted by atomic mass is 35.5. The van der Waals surface area contributed by atoms with E-state index in [0.29, 0.717) is 38.0 Å². The number of likely N-dealkylation sites (tertiary alicyclic amines) is 1. The number of nitrogens with one attached hydrogen (secondary N) is 1. The van der Waals surface area contributed by atoms with E-state index in [0.717, 1.165) is 0 Å². The third kappa shape index (κ3) is 3.32. The molecule has 3 N–H and O–H groups in total. The van der Waals surface area contributed by atoms with Crippen LogP contribution in [0.15, 0.2) is 18.2 Å². The van der Waals surface area contributed by atoms with E-state index >= 15 is 0 Å². The summed E-state index contributed by atoms with van der Waals surface area (Å²) >= 11 is 5.68. The molecule has 2 rings (SSSR count). The topological polar surface area (TPSA) is 75.4 Å². The van der Waals surface area contributed by atoms with E-state index in [4.69, 9.17) is 17.3 Å². The maximum atomic E-state index is 13.1. The highest BCUT2D eigenvalue weighted by Gasteiger charge is 2.39. The van der Waals surface area contributed by atoms with E-state index in [1.807, 2.05) is 6.92 Å². The second-order valence-corrected chi connectivity index (χ2v) is 5.95. The molecule has 1 fully saturated rings. The zero-order chi connectivity index (χ0) is 16.3. The fraction of sp³-hybridized carbons (Fsp3) is 0.467. The predicted molar refractivity (Wildman–Crippen MR) is 83.2 cm³/mol. The number of carbonyl (C=O) groups is 2. The molecule has 0 aromatic heterocycles. The van der Waals surface area contributed by atoms with Crippen molar-refractivity contribution in [1.29, 1.82) is 0 Å². The Morgan fingerprint density at radius 2 is 2.05 bits per heavy atom. The van der Waals surface area contributed by atoms with Crippen LogP contribution in [-0.2, 0) is 4.79 Å². The molecule has 1 aromatic rings. The smallest absolute Gasteiger partial charge is 0.321 e. The van der Waals surface area contributed by atoms with E-state index < -0.39 is 11.2 Å². The molecule has 0 bridgehead atoms. The molecule has 22 heavy (non-hydrogen) atoms. The van der Waals surface area contributed by atoms with Crippen LogP contribution in [0, 0.1) is 11.2 Å². The number of piperidine rings is 1. The van der Waals surface area contributed by atoms with Gasteiger partial charge in [-0.05, 0) is 37.5 Å². The number of amides is 3. The Morgan fingerprint density at radius 1 is 1.41 bits per heavy atom. The summed E-state index contributed by atoms with van der Waals surface area (Å²) < 4.78 is 13.1. The van der Waals surface area contributed by atoms with Gasteiger partial charge < -0.3 is 16.0 Å². The molecule has 5 nitrogen and oxygen atoms in total. The van der Waals surface area contributed by atoms with Crippen molar-refractivity contribution >= 4 is 29.2 Å². The van der Waals surface area contributed by atoms with Gasteiger partial charge in [-0.3, -0.25) is 4.79 Å². The summed E-state index contributed by atoms with van der Waals surface area (Å²) in [4.78, 5) is 25.4. The lowest BCUT2D eigenvalue weighted by Gasteiger charge is -2.39. The first-order valence-electron chi connectivity index (χ1n) is 7.19. The SMILES string of the molecule is CCC1(C(N)=O)CCN(C(=O)Nc2ccc(F)c(Cl)c2)CC1. The van der Waals surface area contributed by atoms with E-state index in [-0.39, 0.29) is 17.0 Å². The average Bonchev–Trinajstić information content (AvgIpc) is 2.50. The number of hydrogen-bond acceptors (Lipinski definition) is 2. The van der Waals surface area contributed by atoms with Gasteiger partial charge in [-0.15, -0.1) is 0 Å². The summed E-state index contributed by atoms with van der Waals surface area (Å²) in [7, 11) is 0. The average molecular weight is 328 g/mol. The lowest BCUT2D eigenvalue weighted by molar-refractivity contribution is -0.130. The van der Waals surface area contributed by atoms with Gasteiger partial charge in [0.2, 0.25) is 5.91 Å². The van der Waals surface area contributed by atoms with Gasteiger partial charge in [0.15, 0.2) is 0 Å². The van der Waals surface area contributed by atoms with Crippen LogP contribution >= 0.6 is 11.6 Å². The fourth-order valence-corrected chi connectivity index (χ4v) is 2.87. The van der Waals surface area contributed by atoms with Crippen molar-refractivity contribution in [2.24, 2.45) is 11.1 Å². The van der Waals surface area contributed by atoms with Gasteiger partial charge in [0.05, 0.1) is 10.4 Å². The number of rotatable bonds is 3. The standard InChI is InChI=1S/C15H19ClFN3O2/c1-2-15(13(18)21)5-7-20(8-6-15)14(22)19-10-3-4-12(17)11(16)9-10/h3-4,9H,2,5-8H2,1H3,(H2,18,21)(H,19,22). The molecule has 0 atom stereocenters. The van der Waals surface area contributed by atoms with Crippen LogP contribution in [0.4, 0.5) is 14.9 Å². The predicted octanol–water partition coefficient (Wildman–Crippen LogP) is 2.99. The first kappa shape index (κ1) is 16.5. The van der Waals surface area contributed by atoms with Gasteiger partial charge in [0.25, 0.3) is 0 Å². The van der Waals surface area contributed by atoms with Crippen LogP contribution < -0.4 is 11.1 Å². The largest absolute Gasteiger partial charge is 0.369 e. The Kier molecular flexibility index (Phi) is 4.90. The highest BCUT2D eigenvalue weighted by molar-refractivity contribution is 6.31. The van der Waals surface area contributed by atoms with Crippen LogP contribution in [0.3, 0.4) is 0 Å². The van der Waals surface area contributed by atoms with Crippen molar-refractivity contribution in [3.8, 4) is 0 Å². The van der Waals surface area contributed by atoms with Gasteiger partial charge in [-0.25, -0.2) is 9.18 Å². The summed E-state index contributed by atoms with van der Waals surface area (Å²) in [5, 5.41) is 2.63. The number of nitrogens with two attached hydrogens (primary N) is 1. The van der Waals surface area contributed by atoms with Crippen LogP contribution in [0.1, 0.15) is 26.2 Å². The highest BCUT2D eigenvalue weighted by Crippen LogP contribution is 2.34. The normalized spacial score (nSPS) is 17.1. The Labute approximate surface area is 133 Å². The number of nitrogens with zero attached hydrogens (tertiary/aromatic N) is 1. The van der Waals surface area contributed by atoms with Crippen LogP contribution in [0.2, 0.25) is 5.02 Å². The van der Waals surface area contributed by atoms with Gasteiger partial charge in [-0.1, -0.05) is 18.5 Å². The first-order chi connectivity index (χ1) is 10.4. The molecule has 1 aliphatic heterocycles. The minimum Gasteiger partial charge on any atom is -0.369 e. The molecule has 1 aliphatic rings. The molecule has 1 aromatic carbocycles. The molecule has 0 unspecified atom stereocenters. The molecular weight excluding hydrogens is 309 g/mol. The molecule has 1 saturated heterocycles. The monoisotopic (exact) mass is 327 g/mol. The second kappa shape index (κ2) is 6.52. The van der Waals surface area contributed by atoms with Crippen LogP contribution in [0.5, 0.6) is 0 Å². The minimum atomic E-state index is -0.535. The quantitative estimate of drug-likeness (QED) is 0.895. The van der Waals surface area contributed by atoms with Crippen molar-refractivity contribution in [1.82, 2.24) is 4.90 Å². The number of halogens is 2. The van der Waals surface area contributed by atoms with Crippen LogP contribution in [0.25, 0.3) is 0 Å². The van der Waals surface area contributed by atoms with Crippen molar-refractivity contribution < 1.29 is 14.0 Å². The van der Waals surface area contributed by atoms with Crippen molar-refractivity contribution in [3.05, 3.63) is 29.0 Å². The molecule has 3 amide bonds. The molecule has 0 radical (unpaired) electrons. The zero-order valence-electron chi connectivity index (χ0n) is 12.4. The second-order valence-electron chi connectivity index (χ2n) is 5.54. The van der Waals surface area contributed by atoms with Gasteiger partial charge in [0, 0.05) is 18.8 Å². The van der Waals surface area contributed by atoms with Gasteiger partial charge >= 0.3 is 6.03 Å². The number of hydrogen-bond donors (Lipinski definition) is 2. The molecule has 0 saturated carbocycles. The number of benzene rings is 1. The van der Waals surface area contributed by atoms with Crippen molar-refractivity contribution in [2.75, 3.05) is 18.4 Å². The maximum Gasteiger partial charge on any atom is 0.321 e. The molecule has 1 heterocycles. The lowest BCUT2D eigenvalue weighted by Crippen LogP contribution is -2.49. The summed E-state index contributed by atoms with van der Waals surface area (Å²) in [6.07, 6.45) is 1.78. The van der Waals surface area contributed by atoms with Gasteiger partial charge in [-0.2, -0.15) is 0 Å². The summed E-state index contributed by atoms with van der Waals surface area (Å²) in [5.74, 6) is -0.841. The van der Waals surface area contributed by atoms with Gasteiger partial charge in [0.1, 0.15) is 5.82 Å². The van der Waals surface area contributed by atoms with E-state index in [1.54, 1.807) is 4.90 Å². The Morgan fingerprint density at radius 3 is 2.55 bits per heavy atom. The molecular formula is C15H19ClFN3O2. The number of urea groups is 1. The van der Waals surface area contributed by atoms with Crippen molar-refractivity contribution in [3.63, 3.8) is 0 Å². The zero-order valence-corrected chi connectivity index (χ0v) is 13.1. The summed E-state index contributed by atoms with van der Waals surface area (Å²) in [5.41, 5.74) is 5.39. The van der Waals surface area contributed by atoms with Crippen molar-refractivity contribution in [2.45, 2.75) is 26.2 Å². The number of primary amides is 1. The number of carbonyl (C=O) groups excluding carboxylic acids is 2. The molecule has 7 heteroatoms. The van der Waals surface area contributed by atoms with E-state index in [1.165, 1.54) is 18.2 Å². The third-order valence-electron chi connectivity index (χ3n) is 4.38. The fourth-order valence-electron chi connectivity index (χ4n) is 2.69. The molecule has 0 spiro atoms. The molecule has 0 aliphatic carbocycles. The number of anilines is 1. The Balaban J connectivity index is 1.98. The lowest BCUT2D eigenvalue weighted by atomic mass is 9.75. The Bertz CT molecular complexity index is 586. The molecule has 120 valence electrons. The minimum absolute atomic E-state index is 0.0461. The van der Waals surface area contributed by atoms with E-state index in [2.05, 4.69) is 5.32 Å². The summed E-state index contributed by atoms with van der Waals surface area (Å²) in [6, 6.07) is 3.71.